The second-order valence-corrected chi connectivity index (χ2v) is 3.05. The zero-order valence-electron chi connectivity index (χ0n) is 8.38. The summed E-state index contributed by atoms with van der Waals surface area (Å²) >= 11 is 0. The second kappa shape index (κ2) is 5.19. The fourth-order valence-electron chi connectivity index (χ4n) is 0.998. The number of carbonyl (C=O) groups is 1. The minimum atomic E-state index is -0.761. The van der Waals surface area contributed by atoms with Crippen molar-refractivity contribution in [3.8, 4) is 5.75 Å². The molecule has 0 bridgehead atoms. The van der Waals surface area contributed by atoms with Gasteiger partial charge in [-0.05, 0) is 18.6 Å². The molecule has 0 fully saturated rings. The van der Waals surface area contributed by atoms with Gasteiger partial charge in [-0.25, -0.2) is 9.18 Å². The van der Waals surface area contributed by atoms with Crippen LogP contribution in [0.2, 0.25) is 0 Å². The number of amides is 2. The van der Waals surface area contributed by atoms with Crippen LogP contribution in [-0.2, 0) is 0 Å². The maximum atomic E-state index is 12.9. The summed E-state index contributed by atoms with van der Waals surface area (Å²) in [6.07, 6.45) is 0.831. The number of phenolic OH excluding ortho intramolecular Hbond substituents is 1. The lowest BCUT2D eigenvalue weighted by Gasteiger charge is -2.06. The van der Waals surface area contributed by atoms with Crippen molar-refractivity contribution in [2.24, 2.45) is 0 Å². The maximum absolute atomic E-state index is 12.9. The lowest BCUT2D eigenvalue weighted by Crippen LogP contribution is -2.29. The highest BCUT2D eigenvalue weighted by atomic mass is 19.1. The first-order valence-corrected chi connectivity index (χ1v) is 4.67. The standard InChI is InChI=1S/C10H13FN2O2/c1-2-5-12-10(15)13-7-3-4-9(14)8(11)6-7/h3-4,6,14H,2,5H2,1H3,(H2,12,13,15). The Balaban J connectivity index is 2.57. The average Bonchev–Trinajstić information content (AvgIpc) is 2.20. The molecule has 5 heteroatoms. The molecule has 2 amide bonds. The summed E-state index contributed by atoms with van der Waals surface area (Å²) in [4.78, 5) is 11.2. The van der Waals surface area contributed by atoms with Crippen LogP contribution < -0.4 is 10.6 Å². The SMILES string of the molecule is CCCNC(=O)Nc1ccc(O)c(F)c1. The number of carbonyl (C=O) groups excluding carboxylic acids is 1. The van der Waals surface area contributed by atoms with E-state index in [1.807, 2.05) is 6.92 Å². The van der Waals surface area contributed by atoms with Crippen molar-refractivity contribution in [1.29, 1.82) is 0 Å². The molecule has 0 aliphatic heterocycles. The fraction of sp³-hybridized carbons (Fsp3) is 0.300. The molecule has 0 aliphatic rings. The van der Waals surface area contributed by atoms with Gasteiger partial charge in [0.2, 0.25) is 0 Å². The molecular weight excluding hydrogens is 199 g/mol. The molecule has 0 atom stereocenters. The number of aromatic hydroxyl groups is 1. The van der Waals surface area contributed by atoms with E-state index >= 15 is 0 Å². The van der Waals surface area contributed by atoms with Gasteiger partial charge in [-0.1, -0.05) is 6.92 Å². The normalized spacial score (nSPS) is 9.73. The summed E-state index contributed by atoms with van der Waals surface area (Å²) in [6, 6.07) is 3.28. The molecule has 1 rings (SSSR count). The van der Waals surface area contributed by atoms with Crippen LogP contribution >= 0.6 is 0 Å². The van der Waals surface area contributed by atoms with Gasteiger partial charge in [-0.2, -0.15) is 0 Å². The van der Waals surface area contributed by atoms with Gasteiger partial charge in [0, 0.05) is 18.3 Å². The molecule has 0 aromatic heterocycles. The van der Waals surface area contributed by atoms with Gasteiger partial charge in [0.1, 0.15) is 0 Å². The van der Waals surface area contributed by atoms with Gasteiger partial charge in [0.15, 0.2) is 11.6 Å². The Morgan fingerprint density at radius 2 is 2.27 bits per heavy atom. The smallest absolute Gasteiger partial charge is 0.319 e. The monoisotopic (exact) mass is 212 g/mol. The Bertz CT molecular complexity index is 355. The summed E-state index contributed by atoms with van der Waals surface area (Å²) in [5, 5.41) is 13.9. The number of phenols is 1. The Kier molecular flexibility index (Phi) is 3.91. The molecule has 3 N–H and O–H groups in total. The van der Waals surface area contributed by atoms with E-state index < -0.39 is 11.6 Å². The van der Waals surface area contributed by atoms with Crippen LogP contribution in [0.3, 0.4) is 0 Å². The van der Waals surface area contributed by atoms with Crippen LogP contribution in [0.1, 0.15) is 13.3 Å². The van der Waals surface area contributed by atoms with E-state index in [-0.39, 0.29) is 6.03 Å². The zero-order chi connectivity index (χ0) is 11.3. The molecule has 15 heavy (non-hydrogen) atoms. The van der Waals surface area contributed by atoms with Gasteiger partial charge >= 0.3 is 6.03 Å². The lowest BCUT2D eigenvalue weighted by atomic mass is 10.3. The van der Waals surface area contributed by atoms with Crippen LogP contribution in [0.4, 0.5) is 14.9 Å². The quantitative estimate of drug-likeness (QED) is 0.671. The van der Waals surface area contributed by atoms with Gasteiger partial charge in [-0.3, -0.25) is 0 Å². The number of benzene rings is 1. The topological polar surface area (TPSA) is 61.4 Å². The third-order valence-electron chi connectivity index (χ3n) is 1.74. The minimum Gasteiger partial charge on any atom is -0.505 e. The van der Waals surface area contributed by atoms with Gasteiger partial charge in [-0.15, -0.1) is 0 Å². The van der Waals surface area contributed by atoms with Crippen molar-refractivity contribution in [3.63, 3.8) is 0 Å². The van der Waals surface area contributed by atoms with Crippen LogP contribution in [0.5, 0.6) is 5.75 Å². The Morgan fingerprint density at radius 1 is 1.53 bits per heavy atom. The lowest BCUT2D eigenvalue weighted by molar-refractivity contribution is 0.252. The summed E-state index contributed by atoms with van der Waals surface area (Å²) in [5.74, 6) is -1.20. The Hall–Kier alpha value is -1.78. The van der Waals surface area contributed by atoms with E-state index in [2.05, 4.69) is 10.6 Å². The predicted molar refractivity (Wildman–Crippen MR) is 55.4 cm³/mol. The number of urea groups is 1. The maximum Gasteiger partial charge on any atom is 0.319 e. The van der Waals surface area contributed by atoms with Crippen molar-refractivity contribution >= 4 is 11.7 Å². The molecule has 4 nitrogen and oxygen atoms in total. The Labute approximate surface area is 87.1 Å². The van der Waals surface area contributed by atoms with Crippen molar-refractivity contribution in [3.05, 3.63) is 24.0 Å². The van der Waals surface area contributed by atoms with Crippen LogP contribution in [0, 0.1) is 5.82 Å². The van der Waals surface area contributed by atoms with E-state index in [0.29, 0.717) is 12.2 Å². The number of halogens is 1. The molecule has 0 unspecified atom stereocenters. The molecule has 0 radical (unpaired) electrons. The third-order valence-corrected chi connectivity index (χ3v) is 1.74. The van der Waals surface area contributed by atoms with E-state index in [4.69, 9.17) is 5.11 Å². The molecule has 82 valence electrons. The summed E-state index contributed by atoms with van der Waals surface area (Å²) < 4.78 is 12.9. The van der Waals surface area contributed by atoms with Gasteiger partial charge in [0.05, 0.1) is 0 Å². The Morgan fingerprint density at radius 3 is 2.87 bits per heavy atom. The van der Waals surface area contributed by atoms with Crippen molar-refractivity contribution in [2.75, 3.05) is 11.9 Å². The van der Waals surface area contributed by atoms with Crippen LogP contribution in [-0.4, -0.2) is 17.7 Å². The second-order valence-electron chi connectivity index (χ2n) is 3.05. The summed E-state index contributed by atoms with van der Waals surface area (Å²) in [7, 11) is 0. The highest BCUT2D eigenvalue weighted by molar-refractivity contribution is 5.89. The van der Waals surface area contributed by atoms with Crippen LogP contribution in [0.25, 0.3) is 0 Å². The van der Waals surface area contributed by atoms with Gasteiger partial charge in [0.25, 0.3) is 0 Å². The first-order valence-electron chi connectivity index (χ1n) is 4.67. The molecule has 0 heterocycles. The molecule has 0 saturated heterocycles. The molecular formula is C10H13FN2O2. The first-order chi connectivity index (χ1) is 7.13. The van der Waals surface area contributed by atoms with Crippen molar-refractivity contribution < 1.29 is 14.3 Å². The summed E-state index contributed by atoms with van der Waals surface area (Å²) in [6.45, 7) is 2.49. The first kappa shape index (κ1) is 11.3. The van der Waals surface area contributed by atoms with Gasteiger partial charge < -0.3 is 15.7 Å². The zero-order valence-corrected chi connectivity index (χ0v) is 8.38. The van der Waals surface area contributed by atoms with E-state index in [1.165, 1.54) is 12.1 Å². The molecule has 1 aromatic rings. The molecule has 0 spiro atoms. The number of hydrogen-bond acceptors (Lipinski definition) is 2. The third kappa shape index (κ3) is 3.46. The summed E-state index contributed by atoms with van der Waals surface area (Å²) in [5.41, 5.74) is 0.305. The number of rotatable bonds is 3. The predicted octanol–water partition coefficient (Wildman–Crippen LogP) is 2.06. The van der Waals surface area contributed by atoms with E-state index in [1.54, 1.807) is 0 Å². The van der Waals surface area contributed by atoms with E-state index in [9.17, 15) is 9.18 Å². The van der Waals surface area contributed by atoms with E-state index in [0.717, 1.165) is 12.5 Å². The highest BCUT2D eigenvalue weighted by Crippen LogP contribution is 2.19. The van der Waals surface area contributed by atoms with Crippen molar-refractivity contribution in [2.45, 2.75) is 13.3 Å². The fourth-order valence-corrected chi connectivity index (χ4v) is 0.998. The molecule has 0 saturated carbocycles. The number of hydrogen-bond donors (Lipinski definition) is 3. The van der Waals surface area contributed by atoms with Crippen LogP contribution in [0.15, 0.2) is 18.2 Å². The number of anilines is 1. The molecule has 0 aliphatic carbocycles. The molecule has 1 aromatic carbocycles. The van der Waals surface area contributed by atoms with Crippen molar-refractivity contribution in [1.82, 2.24) is 5.32 Å². The average molecular weight is 212 g/mol. The number of nitrogens with one attached hydrogen (secondary N) is 2. The largest absolute Gasteiger partial charge is 0.505 e. The minimum absolute atomic E-state index is 0.305. The highest BCUT2D eigenvalue weighted by Gasteiger charge is 2.04.